The van der Waals surface area contributed by atoms with Crippen molar-refractivity contribution in [3.63, 3.8) is 0 Å². The van der Waals surface area contributed by atoms with E-state index in [-0.39, 0.29) is 37.9 Å². The molecule has 0 radical (unpaired) electrons. The third-order valence-electron chi connectivity index (χ3n) is 7.58. The number of nitrogens with one attached hydrogen (secondary N) is 3. The molecule has 0 bridgehead atoms. The molecule has 1 atom stereocenters. The van der Waals surface area contributed by atoms with Gasteiger partial charge in [-0.15, -0.1) is 11.8 Å². The Morgan fingerprint density at radius 2 is 1.87 bits per heavy atom. The van der Waals surface area contributed by atoms with Crippen LogP contribution in [0.3, 0.4) is 0 Å². The van der Waals surface area contributed by atoms with Gasteiger partial charge in [-0.3, -0.25) is 14.7 Å². The van der Waals surface area contributed by atoms with E-state index >= 15 is 0 Å². The smallest absolute Gasteiger partial charge is 0.319 e. The first-order valence-electron chi connectivity index (χ1n) is 13.2. The van der Waals surface area contributed by atoms with Crippen molar-refractivity contribution in [2.45, 2.75) is 76.8 Å². The molecule has 3 amide bonds. The predicted octanol–water partition coefficient (Wildman–Crippen LogP) is 4.70. The van der Waals surface area contributed by atoms with E-state index in [2.05, 4.69) is 20.8 Å². The van der Waals surface area contributed by atoms with Crippen molar-refractivity contribution in [1.82, 2.24) is 20.4 Å². The zero-order chi connectivity index (χ0) is 28.4. The summed E-state index contributed by atoms with van der Waals surface area (Å²) in [5.74, 6) is 0.0760. The van der Waals surface area contributed by atoms with Crippen LogP contribution >= 0.6 is 11.8 Å². The Kier molecular flexibility index (Phi) is 8.32. The lowest BCUT2D eigenvalue weighted by Crippen LogP contribution is -2.48. The normalized spacial score (nSPS) is 18.1. The first-order valence-corrected chi connectivity index (χ1v) is 14.4. The van der Waals surface area contributed by atoms with Crippen LogP contribution in [0.25, 0.3) is 0 Å². The standard InChI is InChI=1S/C28H39N5O5S/c1-26(2,3)24(35)38-17-37-16-20(18-11-8-7-9-12-18)29-25(36)33-15-19-21(27(33,4)5)31-32-22(19)30-23(34)28(39-6)13-10-14-28/h7-9,11-12,20H,10,13-17H2,1-6H3,(H,29,36)(H2,30,31,32,34). The molecule has 1 aromatic heterocycles. The molecule has 0 saturated heterocycles. The molecule has 2 heterocycles. The Morgan fingerprint density at radius 1 is 1.18 bits per heavy atom. The summed E-state index contributed by atoms with van der Waals surface area (Å²) in [5.41, 5.74) is 1.14. The molecule has 1 saturated carbocycles. The maximum Gasteiger partial charge on any atom is 0.319 e. The second-order valence-electron chi connectivity index (χ2n) is 11.7. The molecule has 2 aliphatic rings. The minimum atomic E-state index is -0.687. The van der Waals surface area contributed by atoms with E-state index in [4.69, 9.17) is 9.47 Å². The number of hydrogen-bond acceptors (Lipinski definition) is 7. The molecule has 1 aliphatic heterocycles. The van der Waals surface area contributed by atoms with Crippen LogP contribution in [0.4, 0.5) is 10.6 Å². The highest BCUT2D eigenvalue weighted by atomic mass is 32.2. The van der Waals surface area contributed by atoms with Crippen molar-refractivity contribution < 1.29 is 23.9 Å². The summed E-state index contributed by atoms with van der Waals surface area (Å²) < 4.78 is 10.5. The van der Waals surface area contributed by atoms with Crippen LogP contribution in [0.15, 0.2) is 30.3 Å². The van der Waals surface area contributed by atoms with E-state index in [1.807, 2.05) is 50.4 Å². The van der Waals surface area contributed by atoms with Crippen molar-refractivity contribution in [2.75, 3.05) is 25.0 Å². The van der Waals surface area contributed by atoms with Gasteiger partial charge in [-0.25, -0.2) is 4.79 Å². The highest BCUT2D eigenvalue weighted by molar-refractivity contribution is 8.00. The number of aromatic amines is 1. The molecule has 212 valence electrons. The maximum absolute atomic E-state index is 13.6. The lowest BCUT2D eigenvalue weighted by molar-refractivity contribution is -0.166. The third-order valence-corrected chi connectivity index (χ3v) is 8.96. The summed E-state index contributed by atoms with van der Waals surface area (Å²) in [6.45, 7) is 9.41. The highest BCUT2D eigenvalue weighted by Crippen LogP contribution is 2.45. The summed E-state index contributed by atoms with van der Waals surface area (Å²) in [6.07, 6.45) is 4.71. The molecule has 1 aliphatic carbocycles. The second-order valence-corrected chi connectivity index (χ2v) is 12.8. The van der Waals surface area contributed by atoms with Crippen LogP contribution in [0.5, 0.6) is 0 Å². The topological polar surface area (TPSA) is 126 Å². The van der Waals surface area contributed by atoms with Crippen molar-refractivity contribution >= 4 is 35.5 Å². The molecule has 4 rings (SSSR count). The van der Waals surface area contributed by atoms with Gasteiger partial charge in [0.1, 0.15) is 0 Å². The van der Waals surface area contributed by atoms with Gasteiger partial charge in [-0.2, -0.15) is 5.10 Å². The summed E-state index contributed by atoms with van der Waals surface area (Å²) in [6, 6.07) is 8.74. The van der Waals surface area contributed by atoms with Crippen molar-refractivity contribution in [3.05, 3.63) is 47.2 Å². The lowest BCUT2D eigenvalue weighted by atomic mass is 9.83. The second kappa shape index (κ2) is 11.2. The van der Waals surface area contributed by atoms with E-state index in [1.165, 1.54) is 0 Å². The number of nitrogens with zero attached hydrogens (tertiary/aromatic N) is 2. The Hall–Kier alpha value is -3.05. The zero-order valence-corrected chi connectivity index (χ0v) is 24.4. The fraction of sp³-hybridized carbons (Fsp3) is 0.571. The number of esters is 1. The molecule has 39 heavy (non-hydrogen) atoms. The van der Waals surface area contributed by atoms with Crippen LogP contribution < -0.4 is 10.6 Å². The van der Waals surface area contributed by atoms with Gasteiger partial charge < -0.3 is 25.0 Å². The molecule has 1 fully saturated rings. The Balaban J connectivity index is 1.44. The van der Waals surface area contributed by atoms with Crippen LogP contribution in [0.1, 0.15) is 76.7 Å². The fourth-order valence-corrected chi connectivity index (χ4v) is 5.73. The monoisotopic (exact) mass is 557 g/mol. The van der Waals surface area contributed by atoms with Crippen molar-refractivity contribution in [2.24, 2.45) is 5.41 Å². The predicted molar refractivity (Wildman–Crippen MR) is 150 cm³/mol. The summed E-state index contributed by atoms with van der Waals surface area (Å²) in [4.78, 5) is 40.4. The zero-order valence-electron chi connectivity index (χ0n) is 23.6. The Labute approximate surface area is 234 Å². The van der Waals surface area contributed by atoms with Gasteiger partial charge in [-0.05, 0) is 65.7 Å². The number of rotatable bonds is 9. The first-order chi connectivity index (χ1) is 18.4. The number of aromatic nitrogens is 2. The quantitative estimate of drug-likeness (QED) is 0.232. The number of ether oxygens (including phenoxy) is 2. The van der Waals surface area contributed by atoms with Crippen LogP contribution in [-0.4, -0.2) is 57.4 Å². The number of H-pyrrole nitrogens is 1. The molecule has 1 aromatic carbocycles. The van der Waals surface area contributed by atoms with E-state index < -0.39 is 21.7 Å². The number of fused-ring (bicyclic) bond motifs is 1. The first kappa shape index (κ1) is 28.9. The van der Waals surface area contributed by atoms with Gasteiger partial charge in [0.25, 0.3) is 0 Å². The molecule has 11 heteroatoms. The lowest BCUT2D eigenvalue weighted by Gasteiger charge is -2.38. The Bertz CT molecular complexity index is 1200. The van der Waals surface area contributed by atoms with Crippen LogP contribution in [-0.2, 0) is 31.1 Å². The maximum atomic E-state index is 13.6. The molecule has 0 spiro atoms. The molecular weight excluding hydrogens is 518 g/mol. The van der Waals surface area contributed by atoms with Crippen molar-refractivity contribution in [3.8, 4) is 0 Å². The molecule has 1 unspecified atom stereocenters. The SMILES string of the molecule is CSC1(C(=O)Nc2n[nH]c3c2CN(C(=O)NC(COCOC(=O)C(C)(C)C)c2ccccc2)C3(C)C)CCC1. The van der Waals surface area contributed by atoms with Crippen LogP contribution in [0, 0.1) is 5.41 Å². The number of urea groups is 1. The highest BCUT2D eigenvalue weighted by Gasteiger charge is 2.47. The van der Waals surface area contributed by atoms with E-state index in [0.717, 1.165) is 36.1 Å². The Morgan fingerprint density at radius 3 is 2.46 bits per heavy atom. The largest absolute Gasteiger partial charge is 0.438 e. The molecule has 3 N–H and O–H groups in total. The number of benzene rings is 1. The minimum absolute atomic E-state index is 0.0373. The minimum Gasteiger partial charge on any atom is -0.438 e. The summed E-state index contributed by atoms with van der Waals surface area (Å²) in [5, 5.41) is 13.5. The molecule has 2 aromatic rings. The summed E-state index contributed by atoms with van der Waals surface area (Å²) >= 11 is 1.58. The number of hydrogen-bond donors (Lipinski definition) is 3. The van der Waals surface area contributed by atoms with Gasteiger partial charge in [0.2, 0.25) is 5.91 Å². The van der Waals surface area contributed by atoms with Gasteiger partial charge in [0.15, 0.2) is 12.6 Å². The van der Waals surface area contributed by atoms with Gasteiger partial charge in [-0.1, -0.05) is 30.3 Å². The average Bonchev–Trinajstić information content (AvgIpc) is 3.38. The van der Waals surface area contributed by atoms with E-state index in [9.17, 15) is 14.4 Å². The summed E-state index contributed by atoms with van der Waals surface area (Å²) in [7, 11) is 0. The number of anilines is 1. The number of carbonyl (C=O) groups excluding carboxylic acids is 3. The number of carbonyl (C=O) groups is 3. The number of amides is 3. The number of thioether (sulfide) groups is 1. The molecule has 10 nitrogen and oxygen atoms in total. The van der Waals surface area contributed by atoms with E-state index in [1.54, 1.807) is 37.4 Å². The molecular formula is C28H39N5O5S. The van der Waals surface area contributed by atoms with E-state index in [0.29, 0.717) is 5.82 Å². The van der Waals surface area contributed by atoms with Gasteiger partial charge in [0, 0.05) is 5.56 Å². The third kappa shape index (κ3) is 5.94. The van der Waals surface area contributed by atoms with Gasteiger partial charge in [0.05, 0.1) is 40.6 Å². The van der Waals surface area contributed by atoms with Crippen molar-refractivity contribution in [1.29, 1.82) is 0 Å². The average molecular weight is 558 g/mol. The van der Waals surface area contributed by atoms with Crippen LogP contribution in [0.2, 0.25) is 0 Å². The van der Waals surface area contributed by atoms with Gasteiger partial charge >= 0.3 is 12.0 Å². The fourth-order valence-electron chi connectivity index (χ4n) is 4.80.